The molecular formula is C19H19ClN4O. The second-order valence-electron chi connectivity index (χ2n) is 6.49. The molecule has 5 nitrogen and oxygen atoms in total. The van der Waals surface area contributed by atoms with Gasteiger partial charge < -0.3 is 10.4 Å². The molecule has 1 saturated heterocycles. The molecule has 0 amide bonds. The molecule has 6 heteroatoms. The van der Waals surface area contributed by atoms with Crippen molar-refractivity contribution in [1.82, 2.24) is 20.3 Å². The Balaban J connectivity index is 1.79. The van der Waals surface area contributed by atoms with Gasteiger partial charge in [-0.05, 0) is 56.1 Å². The number of rotatable bonds is 2. The predicted octanol–water partition coefficient (Wildman–Crippen LogP) is 3.83. The fourth-order valence-corrected chi connectivity index (χ4v) is 3.68. The van der Waals surface area contributed by atoms with Crippen LogP contribution in [0.2, 0.25) is 5.02 Å². The Labute approximate surface area is 151 Å². The zero-order valence-electron chi connectivity index (χ0n) is 14.0. The molecule has 0 aliphatic carbocycles. The van der Waals surface area contributed by atoms with Crippen molar-refractivity contribution in [1.29, 1.82) is 0 Å². The number of nitrogens with one attached hydrogen (secondary N) is 1. The van der Waals surface area contributed by atoms with Crippen molar-refractivity contribution in [3.63, 3.8) is 0 Å². The Hall–Kier alpha value is -2.24. The van der Waals surface area contributed by atoms with Crippen LogP contribution in [0.3, 0.4) is 0 Å². The summed E-state index contributed by atoms with van der Waals surface area (Å²) in [7, 11) is 0. The van der Waals surface area contributed by atoms with Crippen molar-refractivity contribution in [2.24, 2.45) is 0 Å². The zero-order valence-corrected chi connectivity index (χ0v) is 14.7. The van der Waals surface area contributed by atoms with E-state index in [-0.39, 0.29) is 5.75 Å². The quantitative estimate of drug-likeness (QED) is 0.732. The molecule has 1 aliphatic heterocycles. The summed E-state index contributed by atoms with van der Waals surface area (Å²) in [5, 5.41) is 14.2. The van der Waals surface area contributed by atoms with E-state index in [4.69, 9.17) is 16.6 Å². The number of halogens is 1. The van der Waals surface area contributed by atoms with Gasteiger partial charge in [0.1, 0.15) is 11.3 Å². The number of fused-ring (bicyclic) bond motifs is 1. The summed E-state index contributed by atoms with van der Waals surface area (Å²) in [6.45, 7) is 3.90. The fourth-order valence-electron chi connectivity index (χ4n) is 3.41. The van der Waals surface area contributed by atoms with Gasteiger partial charge in [0.05, 0.1) is 11.4 Å². The van der Waals surface area contributed by atoms with E-state index in [1.807, 2.05) is 31.3 Å². The van der Waals surface area contributed by atoms with Gasteiger partial charge in [0.15, 0.2) is 5.65 Å². The summed E-state index contributed by atoms with van der Waals surface area (Å²) in [4.78, 5) is 13.9. The number of phenols is 1. The number of hydrogen-bond donors (Lipinski definition) is 2. The van der Waals surface area contributed by atoms with Crippen LogP contribution in [-0.4, -0.2) is 33.1 Å². The summed E-state index contributed by atoms with van der Waals surface area (Å²) in [5.74, 6) is 0.499. The smallest absolute Gasteiger partial charge is 0.179 e. The van der Waals surface area contributed by atoms with Crippen molar-refractivity contribution < 1.29 is 5.11 Å². The average molecular weight is 355 g/mol. The maximum Gasteiger partial charge on any atom is 0.179 e. The lowest BCUT2D eigenvalue weighted by Gasteiger charge is -2.21. The molecule has 2 N–H and O–H groups in total. The van der Waals surface area contributed by atoms with Crippen LogP contribution in [0.25, 0.3) is 22.4 Å². The number of aryl methyl sites for hydroxylation is 1. The summed E-state index contributed by atoms with van der Waals surface area (Å²) in [6, 6.07) is 7.10. The summed E-state index contributed by atoms with van der Waals surface area (Å²) >= 11 is 6.00. The number of benzene rings is 1. The van der Waals surface area contributed by atoms with Crippen LogP contribution in [0.15, 0.2) is 30.5 Å². The maximum absolute atomic E-state index is 10.3. The van der Waals surface area contributed by atoms with Gasteiger partial charge in [-0.2, -0.15) is 0 Å². The Morgan fingerprint density at radius 2 is 2.12 bits per heavy atom. The first-order valence-electron chi connectivity index (χ1n) is 8.46. The molecule has 1 aromatic carbocycles. The third-order valence-electron chi connectivity index (χ3n) is 4.68. The minimum absolute atomic E-state index is 0.123. The van der Waals surface area contributed by atoms with Crippen LogP contribution in [0.5, 0.6) is 5.75 Å². The van der Waals surface area contributed by atoms with Crippen molar-refractivity contribution in [3.8, 4) is 17.0 Å². The highest BCUT2D eigenvalue weighted by Crippen LogP contribution is 2.34. The largest absolute Gasteiger partial charge is 0.507 e. The monoisotopic (exact) mass is 354 g/mol. The van der Waals surface area contributed by atoms with E-state index in [0.29, 0.717) is 27.8 Å². The highest BCUT2D eigenvalue weighted by Gasteiger charge is 2.18. The molecule has 3 aromatic rings. The van der Waals surface area contributed by atoms with Gasteiger partial charge in [-0.15, -0.1) is 0 Å². The molecule has 1 atom stereocenters. The van der Waals surface area contributed by atoms with Crippen LogP contribution < -0.4 is 5.32 Å². The Morgan fingerprint density at radius 3 is 2.88 bits per heavy atom. The molecular weight excluding hydrogens is 336 g/mol. The molecule has 0 radical (unpaired) electrons. The molecule has 2 aromatic heterocycles. The van der Waals surface area contributed by atoms with Crippen LogP contribution in [-0.2, 0) is 0 Å². The molecule has 3 heterocycles. The van der Waals surface area contributed by atoms with Crippen LogP contribution >= 0.6 is 11.6 Å². The molecule has 0 bridgehead atoms. The van der Waals surface area contributed by atoms with E-state index >= 15 is 0 Å². The van der Waals surface area contributed by atoms with Gasteiger partial charge in [-0.3, -0.25) is 4.98 Å². The fraction of sp³-hybridized carbons (Fsp3) is 0.316. The van der Waals surface area contributed by atoms with E-state index in [1.165, 1.54) is 6.07 Å². The Morgan fingerprint density at radius 1 is 1.24 bits per heavy atom. The normalized spacial score (nSPS) is 17.8. The van der Waals surface area contributed by atoms with Crippen molar-refractivity contribution >= 4 is 22.8 Å². The Bertz CT molecular complexity index is 915. The Kier molecular flexibility index (Phi) is 4.27. The topological polar surface area (TPSA) is 70.9 Å². The maximum atomic E-state index is 10.3. The number of aromatic hydroxyl groups is 1. The van der Waals surface area contributed by atoms with Gasteiger partial charge >= 0.3 is 0 Å². The van der Waals surface area contributed by atoms with Crippen molar-refractivity contribution in [2.75, 3.05) is 13.1 Å². The first kappa shape index (κ1) is 16.2. The van der Waals surface area contributed by atoms with E-state index in [9.17, 15) is 5.11 Å². The zero-order chi connectivity index (χ0) is 17.4. The molecule has 0 spiro atoms. The third kappa shape index (κ3) is 3.17. The standard InChI is InChI=1S/C19H19ClN4O/c1-11-7-13(20)8-17(25)18(11)14-4-5-15-19(23-14)24-16(10-22-15)12-3-2-6-21-9-12/h4-5,7-8,10,12,21,25H,2-3,6,9H2,1H3/t12-/m1/s1. The van der Waals surface area contributed by atoms with Crippen LogP contribution in [0, 0.1) is 6.92 Å². The van der Waals surface area contributed by atoms with E-state index in [1.54, 1.807) is 0 Å². The van der Waals surface area contributed by atoms with Gasteiger partial charge in [0.2, 0.25) is 0 Å². The number of aromatic nitrogens is 3. The van der Waals surface area contributed by atoms with Gasteiger partial charge in [-0.1, -0.05) is 11.6 Å². The summed E-state index contributed by atoms with van der Waals surface area (Å²) in [5.41, 5.74) is 4.56. The lowest BCUT2D eigenvalue weighted by molar-refractivity contribution is 0.454. The number of pyridine rings is 1. The number of hydrogen-bond acceptors (Lipinski definition) is 5. The summed E-state index contributed by atoms with van der Waals surface area (Å²) < 4.78 is 0. The first-order chi connectivity index (χ1) is 12.1. The second kappa shape index (κ2) is 6.58. The van der Waals surface area contributed by atoms with E-state index in [0.717, 1.165) is 42.7 Å². The van der Waals surface area contributed by atoms with E-state index < -0.39 is 0 Å². The molecule has 1 fully saturated rings. The predicted molar refractivity (Wildman–Crippen MR) is 99.0 cm³/mol. The molecule has 0 saturated carbocycles. The molecule has 128 valence electrons. The minimum atomic E-state index is 0.123. The highest BCUT2D eigenvalue weighted by atomic mass is 35.5. The van der Waals surface area contributed by atoms with Crippen molar-refractivity contribution in [2.45, 2.75) is 25.7 Å². The van der Waals surface area contributed by atoms with Gasteiger partial charge in [0, 0.05) is 29.2 Å². The average Bonchev–Trinajstić information content (AvgIpc) is 2.61. The van der Waals surface area contributed by atoms with Crippen LogP contribution in [0.4, 0.5) is 0 Å². The minimum Gasteiger partial charge on any atom is -0.507 e. The lowest BCUT2D eigenvalue weighted by atomic mass is 9.96. The highest BCUT2D eigenvalue weighted by molar-refractivity contribution is 6.31. The lowest BCUT2D eigenvalue weighted by Crippen LogP contribution is -2.28. The van der Waals surface area contributed by atoms with Crippen LogP contribution in [0.1, 0.15) is 30.0 Å². The number of phenolic OH excluding ortho intramolecular Hbond substituents is 1. The SMILES string of the molecule is Cc1cc(Cl)cc(O)c1-c1ccc2ncc([C@@H]3CCCNC3)nc2n1. The van der Waals surface area contributed by atoms with Crippen molar-refractivity contribution in [3.05, 3.63) is 46.7 Å². The first-order valence-corrected chi connectivity index (χ1v) is 8.83. The third-order valence-corrected chi connectivity index (χ3v) is 4.89. The number of nitrogens with zero attached hydrogens (tertiary/aromatic N) is 3. The summed E-state index contributed by atoms with van der Waals surface area (Å²) in [6.07, 6.45) is 4.12. The molecule has 0 unspecified atom stereocenters. The molecule has 4 rings (SSSR count). The molecule has 1 aliphatic rings. The second-order valence-corrected chi connectivity index (χ2v) is 6.93. The number of piperidine rings is 1. The van der Waals surface area contributed by atoms with Gasteiger partial charge in [0.25, 0.3) is 0 Å². The van der Waals surface area contributed by atoms with Gasteiger partial charge in [-0.25, -0.2) is 9.97 Å². The van der Waals surface area contributed by atoms with E-state index in [2.05, 4.69) is 15.3 Å². The molecule has 25 heavy (non-hydrogen) atoms.